The molecule has 0 saturated heterocycles. The number of anilines is 1. The van der Waals surface area contributed by atoms with Crippen LogP contribution in [0.4, 0.5) is 5.82 Å². The number of rotatable bonds is 7. The number of nitrogens with zero attached hydrogens (tertiary/aromatic N) is 2. The van der Waals surface area contributed by atoms with Crippen LogP contribution in [0.1, 0.15) is 18.9 Å². The molecule has 0 amide bonds. The van der Waals surface area contributed by atoms with Crippen LogP contribution in [0.3, 0.4) is 0 Å². The van der Waals surface area contributed by atoms with E-state index in [0.29, 0.717) is 6.04 Å². The predicted octanol–water partition coefficient (Wildman–Crippen LogP) is 2.70. The Morgan fingerprint density at radius 1 is 1.53 bits per heavy atom. The smallest absolute Gasteiger partial charge is 0.130 e. The lowest BCUT2D eigenvalue weighted by atomic mass is 10.2. The first kappa shape index (κ1) is 14.3. The Hall–Kier alpha value is -0.740. The van der Waals surface area contributed by atoms with Gasteiger partial charge in [0, 0.05) is 31.4 Å². The van der Waals surface area contributed by atoms with Crippen LogP contribution in [-0.2, 0) is 6.54 Å². The van der Waals surface area contributed by atoms with Gasteiger partial charge in [-0.25, -0.2) is 4.98 Å². The summed E-state index contributed by atoms with van der Waals surface area (Å²) in [6.07, 6.45) is 5.21. The van der Waals surface area contributed by atoms with Crippen LogP contribution in [0.25, 0.3) is 0 Å². The first-order valence-electron chi connectivity index (χ1n) is 5.99. The van der Waals surface area contributed by atoms with Crippen LogP contribution in [0.15, 0.2) is 18.3 Å². The van der Waals surface area contributed by atoms with Gasteiger partial charge in [0.05, 0.1) is 0 Å². The maximum Gasteiger partial charge on any atom is 0.130 e. The minimum Gasteiger partial charge on any atom is -0.373 e. The Balaban J connectivity index is 2.57. The van der Waals surface area contributed by atoms with Crippen molar-refractivity contribution in [3.63, 3.8) is 0 Å². The number of thioether (sulfide) groups is 1. The maximum absolute atomic E-state index is 4.33. The molecule has 3 nitrogen and oxygen atoms in total. The van der Waals surface area contributed by atoms with E-state index in [1.807, 2.05) is 31.1 Å². The molecule has 0 saturated carbocycles. The molecule has 0 aliphatic heterocycles. The fourth-order valence-corrected chi connectivity index (χ4v) is 2.30. The SMILES string of the molecule is CNc1ncccc1CN(C)C(C)CCSC. The molecule has 1 N–H and O–H groups in total. The normalized spacial score (nSPS) is 12.8. The van der Waals surface area contributed by atoms with Crippen LogP contribution in [0.5, 0.6) is 0 Å². The zero-order valence-electron chi connectivity index (χ0n) is 11.2. The summed E-state index contributed by atoms with van der Waals surface area (Å²) in [4.78, 5) is 6.71. The van der Waals surface area contributed by atoms with E-state index in [4.69, 9.17) is 0 Å². The lowest BCUT2D eigenvalue weighted by Crippen LogP contribution is -2.29. The van der Waals surface area contributed by atoms with Gasteiger partial charge < -0.3 is 5.32 Å². The fourth-order valence-electron chi connectivity index (χ4n) is 1.72. The largest absolute Gasteiger partial charge is 0.373 e. The summed E-state index contributed by atoms with van der Waals surface area (Å²) >= 11 is 1.91. The Kier molecular flexibility index (Phi) is 6.37. The molecule has 0 aliphatic rings. The van der Waals surface area contributed by atoms with Crippen LogP contribution in [0, 0.1) is 0 Å². The zero-order chi connectivity index (χ0) is 12.7. The Bertz CT molecular complexity index is 330. The van der Waals surface area contributed by atoms with E-state index >= 15 is 0 Å². The van der Waals surface area contributed by atoms with Crippen molar-refractivity contribution in [1.82, 2.24) is 9.88 Å². The van der Waals surface area contributed by atoms with Crippen LogP contribution >= 0.6 is 11.8 Å². The van der Waals surface area contributed by atoms with Crippen LogP contribution < -0.4 is 5.32 Å². The van der Waals surface area contributed by atoms with Crippen molar-refractivity contribution in [3.05, 3.63) is 23.9 Å². The van der Waals surface area contributed by atoms with Crippen molar-refractivity contribution < 1.29 is 0 Å². The van der Waals surface area contributed by atoms with E-state index in [0.717, 1.165) is 12.4 Å². The lowest BCUT2D eigenvalue weighted by molar-refractivity contribution is 0.245. The number of hydrogen-bond donors (Lipinski definition) is 1. The third kappa shape index (κ3) is 4.56. The zero-order valence-corrected chi connectivity index (χ0v) is 12.0. The molecule has 1 aromatic heterocycles. The average molecular weight is 253 g/mol. The lowest BCUT2D eigenvalue weighted by Gasteiger charge is -2.25. The van der Waals surface area contributed by atoms with E-state index < -0.39 is 0 Å². The Labute approximate surface area is 109 Å². The molecule has 1 rings (SSSR count). The molecule has 0 aliphatic carbocycles. The number of nitrogens with one attached hydrogen (secondary N) is 1. The predicted molar refractivity (Wildman–Crippen MR) is 77.7 cm³/mol. The summed E-state index contributed by atoms with van der Waals surface area (Å²) in [5, 5.41) is 3.14. The minimum absolute atomic E-state index is 0.604. The van der Waals surface area contributed by atoms with E-state index in [-0.39, 0.29) is 0 Å². The molecule has 1 heterocycles. The minimum atomic E-state index is 0.604. The van der Waals surface area contributed by atoms with Gasteiger partial charge in [-0.2, -0.15) is 11.8 Å². The van der Waals surface area contributed by atoms with Gasteiger partial charge in [-0.3, -0.25) is 4.90 Å². The molecule has 96 valence electrons. The van der Waals surface area contributed by atoms with Crippen molar-refractivity contribution in [2.75, 3.05) is 31.4 Å². The molecule has 1 aromatic rings. The first-order chi connectivity index (χ1) is 8.19. The van der Waals surface area contributed by atoms with Crippen molar-refractivity contribution in [2.45, 2.75) is 25.9 Å². The van der Waals surface area contributed by atoms with Crippen molar-refractivity contribution in [2.24, 2.45) is 0 Å². The molecule has 1 atom stereocenters. The summed E-state index contributed by atoms with van der Waals surface area (Å²) in [6.45, 7) is 3.23. The molecule has 4 heteroatoms. The molecule has 0 bridgehead atoms. The van der Waals surface area contributed by atoms with Gasteiger partial charge in [0.2, 0.25) is 0 Å². The fraction of sp³-hybridized carbons (Fsp3) is 0.615. The van der Waals surface area contributed by atoms with Crippen molar-refractivity contribution >= 4 is 17.6 Å². The third-order valence-corrected chi connectivity index (χ3v) is 3.68. The molecule has 17 heavy (non-hydrogen) atoms. The molecular weight excluding hydrogens is 230 g/mol. The molecule has 0 radical (unpaired) electrons. The van der Waals surface area contributed by atoms with Crippen molar-refractivity contribution in [1.29, 1.82) is 0 Å². The van der Waals surface area contributed by atoms with E-state index in [9.17, 15) is 0 Å². The summed E-state index contributed by atoms with van der Waals surface area (Å²) in [6, 6.07) is 4.74. The van der Waals surface area contributed by atoms with Gasteiger partial charge in [0.25, 0.3) is 0 Å². The van der Waals surface area contributed by atoms with Gasteiger partial charge in [-0.15, -0.1) is 0 Å². The molecule has 0 fully saturated rings. The second-order valence-corrected chi connectivity index (χ2v) is 5.29. The highest BCUT2D eigenvalue weighted by Gasteiger charge is 2.11. The van der Waals surface area contributed by atoms with Gasteiger partial charge in [-0.05, 0) is 38.5 Å². The van der Waals surface area contributed by atoms with E-state index in [2.05, 4.69) is 41.5 Å². The molecule has 0 aromatic carbocycles. The van der Waals surface area contributed by atoms with Gasteiger partial charge in [-0.1, -0.05) is 6.07 Å². The number of pyridine rings is 1. The van der Waals surface area contributed by atoms with Gasteiger partial charge in [0.1, 0.15) is 5.82 Å². The van der Waals surface area contributed by atoms with Gasteiger partial charge >= 0.3 is 0 Å². The highest BCUT2D eigenvalue weighted by molar-refractivity contribution is 7.98. The van der Waals surface area contributed by atoms with Crippen LogP contribution in [-0.4, -0.2) is 42.0 Å². The molecule has 1 unspecified atom stereocenters. The first-order valence-corrected chi connectivity index (χ1v) is 7.39. The Morgan fingerprint density at radius 2 is 2.29 bits per heavy atom. The monoisotopic (exact) mass is 253 g/mol. The Morgan fingerprint density at radius 3 is 2.94 bits per heavy atom. The van der Waals surface area contributed by atoms with Crippen molar-refractivity contribution in [3.8, 4) is 0 Å². The third-order valence-electron chi connectivity index (χ3n) is 3.04. The second-order valence-electron chi connectivity index (χ2n) is 4.31. The highest BCUT2D eigenvalue weighted by atomic mass is 32.2. The maximum atomic E-state index is 4.33. The molecule has 0 spiro atoms. The number of aromatic nitrogens is 1. The number of hydrogen-bond acceptors (Lipinski definition) is 4. The standard InChI is InChI=1S/C13H23N3S/c1-11(7-9-17-4)16(3)10-12-6-5-8-15-13(12)14-2/h5-6,8,11H,7,9-10H2,1-4H3,(H,14,15). The summed E-state index contributed by atoms with van der Waals surface area (Å²) in [5.41, 5.74) is 1.26. The quantitative estimate of drug-likeness (QED) is 0.809. The second kappa shape index (κ2) is 7.56. The highest BCUT2D eigenvalue weighted by Crippen LogP contribution is 2.15. The summed E-state index contributed by atoms with van der Waals surface area (Å²) < 4.78 is 0. The van der Waals surface area contributed by atoms with E-state index in [1.165, 1.54) is 17.7 Å². The van der Waals surface area contributed by atoms with Crippen LogP contribution in [0.2, 0.25) is 0 Å². The average Bonchev–Trinajstić information content (AvgIpc) is 2.36. The van der Waals surface area contributed by atoms with Gasteiger partial charge in [0.15, 0.2) is 0 Å². The topological polar surface area (TPSA) is 28.2 Å². The van der Waals surface area contributed by atoms with E-state index in [1.54, 1.807) is 0 Å². The summed E-state index contributed by atoms with van der Waals surface area (Å²) in [7, 11) is 4.10. The molecular formula is C13H23N3S. The summed E-state index contributed by atoms with van der Waals surface area (Å²) in [5.74, 6) is 2.20.